The molecule has 0 bridgehead atoms. The molecule has 2 aromatic carbocycles. The van der Waals surface area contributed by atoms with E-state index in [0.29, 0.717) is 30.1 Å². The van der Waals surface area contributed by atoms with E-state index in [1.807, 2.05) is 6.07 Å². The minimum Gasteiger partial charge on any atom is -0.508 e. The number of rotatable bonds is 6. The zero-order valence-corrected chi connectivity index (χ0v) is 12.9. The molecular weight excluding hydrogens is 284 g/mol. The highest BCUT2D eigenvalue weighted by Crippen LogP contribution is 2.37. The molecule has 5 heteroatoms. The molecule has 2 rings (SSSR count). The topological polar surface area (TPSA) is 68.2 Å². The highest BCUT2D eigenvalue weighted by molar-refractivity contribution is 5.53. The van der Waals surface area contributed by atoms with E-state index in [1.54, 1.807) is 31.4 Å². The summed E-state index contributed by atoms with van der Waals surface area (Å²) in [6.45, 7) is 0. The second kappa shape index (κ2) is 6.93. The zero-order valence-electron chi connectivity index (χ0n) is 12.9. The minimum atomic E-state index is -0.00669. The smallest absolute Gasteiger partial charge is 0.200 e. The molecule has 22 heavy (non-hydrogen) atoms. The van der Waals surface area contributed by atoms with Crippen LogP contribution in [-0.4, -0.2) is 31.5 Å². The van der Waals surface area contributed by atoms with Gasteiger partial charge in [-0.15, -0.1) is 0 Å². The molecule has 0 amide bonds. The molecule has 5 nitrogen and oxygen atoms in total. The van der Waals surface area contributed by atoms with Crippen LogP contribution in [0.25, 0.3) is 0 Å². The number of phenols is 2. The summed E-state index contributed by atoms with van der Waals surface area (Å²) in [5, 5.41) is 19.6. The van der Waals surface area contributed by atoms with Crippen LogP contribution in [0, 0.1) is 0 Å². The van der Waals surface area contributed by atoms with Crippen molar-refractivity contribution < 1.29 is 24.4 Å². The molecule has 0 heterocycles. The van der Waals surface area contributed by atoms with Gasteiger partial charge in [0.05, 0.1) is 21.3 Å². The van der Waals surface area contributed by atoms with Crippen molar-refractivity contribution in [3.63, 3.8) is 0 Å². The summed E-state index contributed by atoms with van der Waals surface area (Å²) in [6.07, 6.45) is 1.42. The molecule has 0 aliphatic rings. The molecule has 118 valence electrons. The normalized spacial score (nSPS) is 10.3. The lowest BCUT2D eigenvalue weighted by molar-refractivity contribution is 0.339. The lowest BCUT2D eigenvalue weighted by Gasteiger charge is -2.11. The van der Waals surface area contributed by atoms with Gasteiger partial charge in [0.1, 0.15) is 11.5 Å². The average molecular weight is 304 g/mol. The Morgan fingerprint density at radius 3 is 1.77 bits per heavy atom. The zero-order chi connectivity index (χ0) is 16.1. The van der Waals surface area contributed by atoms with Gasteiger partial charge in [-0.1, -0.05) is 0 Å². The number of aromatic hydroxyl groups is 2. The summed E-state index contributed by atoms with van der Waals surface area (Å²) in [5.74, 6) is 1.55. The lowest BCUT2D eigenvalue weighted by atomic mass is 10.0. The van der Waals surface area contributed by atoms with Gasteiger partial charge in [0.15, 0.2) is 11.5 Å². The van der Waals surface area contributed by atoms with Gasteiger partial charge in [-0.05, 0) is 48.2 Å². The van der Waals surface area contributed by atoms with Crippen molar-refractivity contribution >= 4 is 0 Å². The van der Waals surface area contributed by atoms with Crippen LogP contribution in [0.2, 0.25) is 0 Å². The van der Waals surface area contributed by atoms with Crippen LogP contribution < -0.4 is 14.2 Å². The highest BCUT2D eigenvalue weighted by atomic mass is 16.5. The summed E-state index contributed by atoms with van der Waals surface area (Å²) >= 11 is 0. The third-order valence-electron chi connectivity index (χ3n) is 3.43. The van der Waals surface area contributed by atoms with Gasteiger partial charge in [-0.3, -0.25) is 0 Å². The Hall–Kier alpha value is -2.56. The Balaban J connectivity index is 2.19. The molecule has 2 N–H and O–H groups in total. The molecule has 0 aliphatic heterocycles. The quantitative estimate of drug-likeness (QED) is 0.859. The number of benzene rings is 2. The summed E-state index contributed by atoms with van der Waals surface area (Å²) in [4.78, 5) is 0. The van der Waals surface area contributed by atoms with E-state index in [-0.39, 0.29) is 11.5 Å². The van der Waals surface area contributed by atoms with Crippen LogP contribution in [0.15, 0.2) is 30.3 Å². The van der Waals surface area contributed by atoms with Gasteiger partial charge >= 0.3 is 0 Å². The summed E-state index contributed by atoms with van der Waals surface area (Å²) in [5.41, 5.74) is 1.93. The van der Waals surface area contributed by atoms with Crippen molar-refractivity contribution in [3.05, 3.63) is 41.5 Å². The van der Waals surface area contributed by atoms with Gasteiger partial charge < -0.3 is 24.4 Å². The maximum atomic E-state index is 9.90. The fourth-order valence-corrected chi connectivity index (χ4v) is 2.29. The van der Waals surface area contributed by atoms with Crippen LogP contribution in [0.4, 0.5) is 0 Å². The molecule has 0 radical (unpaired) electrons. The van der Waals surface area contributed by atoms with Gasteiger partial charge in [-0.25, -0.2) is 0 Å². The van der Waals surface area contributed by atoms with Gasteiger partial charge in [0.2, 0.25) is 5.75 Å². The third kappa shape index (κ3) is 3.55. The van der Waals surface area contributed by atoms with Crippen LogP contribution in [0.3, 0.4) is 0 Å². The maximum Gasteiger partial charge on any atom is 0.200 e. The molecule has 0 aliphatic carbocycles. The van der Waals surface area contributed by atoms with Crippen molar-refractivity contribution in [3.8, 4) is 28.7 Å². The lowest BCUT2D eigenvalue weighted by Crippen LogP contribution is -1.96. The SMILES string of the molecule is COc1cc(O)cc(CCc2cc(OC)c(O)c(OC)c2)c1. The first kappa shape index (κ1) is 15.8. The Kier molecular flexibility index (Phi) is 4.99. The fraction of sp³-hybridized carbons (Fsp3) is 0.294. The number of hydrogen-bond donors (Lipinski definition) is 2. The van der Waals surface area contributed by atoms with Crippen molar-refractivity contribution in [1.82, 2.24) is 0 Å². The number of hydrogen-bond acceptors (Lipinski definition) is 5. The second-order valence-electron chi connectivity index (χ2n) is 4.89. The molecule has 2 aromatic rings. The molecule has 0 aromatic heterocycles. The molecule has 0 spiro atoms. The Labute approximate surface area is 129 Å². The molecular formula is C17H20O5. The van der Waals surface area contributed by atoms with Crippen molar-refractivity contribution in [2.24, 2.45) is 0 Å². The van der Waals surface area contributed by atoms with E-state index < -0.39 is 0 Å². The molecule has 0 saturated carbocycles. The number of ether oxygens (including phenoxy) is 3. The number of methoxy groups -OCH3 is 3. The Morgan fingerprint density at radius 2 is 1.27 bits per heavy atom. The van der Waals surface area contributed by atoms with Gasteiger partial charge in [-0.2, -0.15) is 0 Å². The standard InChI is InChI=1S/C17H20O5/c1-20-14-7-11(6-13(18)10-14)4-5-12-8-15(21-2)17(19)16(9-12)22-3/h6-10,18-19H,4-5H2,1-3H3. The van der Waals surface area contributed by atoms with E-state index in [1.165, 1.54) is 14.2 Å². The first-order valence-electron chi connectivity index (χ1n) is 6.88. The predicted molar refractivity (Wildman–Crippen MR) is 83.3 cm³/mol. The molecule has 0 atom stereocenters. The van der Waals surface area contributed by atoms with E-state index in [4.69, 9.17) is 14.2 Å². The van der Waals surface area contributed by atoms with Crippen molar-refractivity contribution in [2.45, 2.75) is 12.8 Å². The Bertz CT molecular complexity index is 626. The maximum absolute atomic E-state index is 9.90. The average Bonchev–Trinajstić information content (AvgIpc) is 2.53. The minimum absolute atomic E-state index is 0.00669. The summed E-state index contributed by atoms with van der Waals surface area (Å²) in [6, 6.07) is 8.71. The van der Waals surface area contributed by atoms with E-state index in [0.717, 1.165) is 11.1 Å². The van der Waals surface area contributed by atoms with Gasteiger partial charge in [0, 0.05) is 6.07 Å². The van der Waals surface area contributed by atoms with E-state index in [9.17, 15) is 10.2 Å². The van der Waals surface area contributed by atoms with E-state index >= 15 is 0 Å². The monoisotopic (exact) mass is 304 g/mol. The van der Waals surface area contributed by atoms with E-state index in [2.05, 4.69) is 0 Å². The largest absolute Gasteiger partial charge is 0.508 e. The van der Waals surface area contributed by atoms with Crippen LogP contribution in [-0.2, 0) is 12.8 Å². The van der Waals surface area contributed by atoms with Crippen molar-refractivity contribution in [2.75, 3.05) is 21.3 Å². The summed E-state index contributed by atoms with van der Waals surface area (Å²) in [7, 11) is 4.56. The third-order valence-corrected chi connectivity index (χ3v) is 3.43. The van der Waals surface area contributed by atoms with Crippen LogP contribution in [0.1, 0.15) is 11.1 Å². The number of phenolic OH excluding ortho intramolecular Hbond substituents is 2. The number of aryl methyl sites for hydroxylation is 2. The van der Waals surface area contributed by atoms with Gasteiger partial charge in [0.25, 0.3) is 0 Å². The second-order valence-corrected chi connectivity index (χ2v) is 4.89. The molecule has 0 fully saturated rings. The predicted octanol–water partition coefficient (Wildman–Crippen LogP) is 2.91. The van der Waals surface area contributed by atoms with Crippen LogP contribution in [0.5, 0.6) is 28.7 Å². The molecule has 0 saturated heterocycles. The fourth-order valence-electron chi connectivity index (χ4n) is 2.29. The highest BCUT2D eigenvalue weighted by Gasteiger charge is 2.11. The first-order valence-corrected chi connectivity index (χ1v) is 6.88. The molecule has 0 unspecified atom stereocenters. The van der Waals surface area contributed by atoms with Crippen molar-refractivity contribution in [1.29, 1.82) is 0 Å². The summed E-state index contributed by atoms with van der Waals surface area (Å²) < 4.78 is 15.4. The Morgan fingerprint density at radius 1 is 0.727 bits per heavy atom. The van der Waals surface area contributed by atoms with Crippen LogP contribution >= 0.6 is 0 Å². The first-order chi connectivity index (χ1) is 10.6.